The van der Waals surface area contributed by atoms with E-state index < -0.39 is 0 Å². The molecule has 6 heteroatoms. The minimum atomic E-state index is 0.559. The number of nitrogens with one attached hydrogen (secondary N) is 2. The first-order chi connectivity index (χ1) is 10.3. The molecule has 2 N–H and O–H groups in total. The van der Waals surface area contributed by atoms with Crippen molar-refractivity contribution in [1.29, 1.82) is 0 Å². The first kappa shape index (κ1) is 15.0. The molecule has 1 aromatic heterocycles. The largest absolute Gasteiger partial charge is 0.497 e. The molecule has 0 amide bonds. The summed E-state index contributed by atoms with van der Waals surface area (Å²) in [5, 5.41) is 14.3. The molecule has 1 heterocycles. The van der Waals surface area contributed by atoms with E-state index in [9.17, 15) is 0 Å². The van der Waals surface area contributed by atoms with Gasteiger partial charge in [-0.3, -0.25) is 0 Å². The lowest BCUT2D eigenvalue weighted by molar-refractivity contribution is 0.414. The summed E-state index contributed by atoms with van der Waals surface area (Å²) < 4.78 is 5.14. The molecule has 21 heavy (non-hydrogen) atoms. The van der Waals surface area contributed by atoms with E-state index in [0.29, 0.717) is 18.3 Å². The molecule has 0 unspecified atom stereocenters. The summed E-state index contributed by atoms with van der Waals surface area (Å²) in [6.07, 6.45) is 3.84. The zero-order valence-corrected chi connectivity index (χ0v) is 12.5. The Kier molecular flexibility index (Phi) is 5.75. The molecule has 0 saturated carbocycles. The van der Waals surface area contributed by atoms with Gasteiger partial charge in [0.15, 0.2) is 5.82 Å². The van der Waals surface area contributed by atoms with Gasteiger partial charge in [0.1, 0.15) is 5.75 Å². The smallest absolute Gasteiger partial charge is 0.244 e. The summed E-state index contributed by atoms with van der Waals surface area (Å²) in [5.41, 5.74) is 1.15. The van der Waals surface area contributed by atoms with Gasteiger partial charge < -0.3 is 15.4 Å². The Balaban J connectivity index is 1.88. The molecule has 0 aliphatic rings. The van der Waals surface area contributed by atoms with E-state index in [4.69, 9.17) is 4.74 Å². The molecule has 1 aromatic carbocycles. The van der Waals surface area contributed by atoms with Gasteiger partial charge in [0.25, 0.3) is 0 Å². The predicted octanol–water partition coefficient (Wildman–Crippen LogP) is 2.70. The molecule has 6 nitrogen and oxygen atoms in total. The van der Waals surface area contributed by atoms with Crippen LogP contribution in [0.5, 0.6) is 5.75 Å². The number of aromatic nitrogens is 3. The van der Waals surface area contributed by atoms with Gasteiger partial charge in [0, 0.05) is 13.1 Å². The molecule has 0 aliphatic carbocycles. The topological polar surface area (TPSA) is 72.0 Å². The Morgan fingerprint density at radius 2 is 1.95 bits per heavy atom. The zero-order chi connectivity index (χ0) is 14.9. The van der Waals surface area contributed by atoms with Crippen molar-refractivity contribution in [2.45, 2.75) is 26.3 Å². The van der Waals surface area contributed by atoms with E-state index in [2.05, 4.69) is 32.7 Å². The van der Waals surface area contributed by atoms with Gasteiger partial charge in [0.05, 0.1) is 13.3 Å². The fourth-order valence-corrected chi connectivity index (χ4v) is 1.78. The van der Waals surface area contributed by atoms with Crippen LogP contribution in [0, 0.1) is 0 Å². The Hall–Kier alpha value is -2.37. The van der Waals surface area contributed by atoms with Crippen molar-refractivity contribution >= 4 is 11.8 Å². The second kappa shape index (κ2) is 8.04. The van der Waals surface area contributed by atoms with E-state index in [0.717, 1.165) is 30.7 Å². The van der Waals surface area contributed by atoms with Gasteiger partial charge in [0.2, 0.25) is 5.95 Å². The van der Waals surface area contributed by atoms with Crippen LogP contribution in [-0.2, 0) is 6.54 Å². The molecule has 0 radical (unpaired) electrons. The van der Waals surface area contributed by atoms with Gasteiger partial charge in [-0.2, -0.15) is 10.1 Å². The van der Waals surface area contributed by atoms with Crippen molar-refractivity contribution in [3.8, 4) is 5.75 Å². The van der Waals surface area contributed by atoms with Crippen LogP contribution in [0.4, 0.5) is 11.8 Å². The molecule has 0 fully saturated rings. The third-order valence-corrected chi connectivity index (χ3v) is 3.00. The fraction of sp³-hybridized carbons (Fsp3) is 0.400. The number of hydrogen-bond donors (Lipinski definition) is 2. The molecule has 0 spiro atoms. The average molecular weight is 287 g/mol. The Labute approximate surface area is 125 Å². The van der Waals surface area contributed by atoms with Gasteiger partial charge in [-0.25, -0.2) is 0 Å². The number of ether oxygens (including phenoxy) is 1. The van der Waals surface area contributed by atoms with Crippen molar-refractivity contribution < 1.29 is 4.74 Å². The van der Waals surface area contributed by atoms with Crippen molar-refractivity contribution in [2.75, 3.05) is 24.3 Å². The highest BCUT2D eigenvalue weighted by Crippen LogP contribution is 2.12. The standard InChI is InChI=1S/C15H21N5O/c1-3-4-9-16-15-19-14(11-18-20-15)17-10-12-5-7-13(21-2)8-6-12/h5-8,11H,3-4,9-10H2,1-2H3,(H2,16,17,19,20). The SMILES string of the molecule is CCCCNc1nncc(NCc2ccc(OC)cc2)n1. The van der Waals surface area contributed by atoms with Crippen LogP contribution < -0.4 is 15.4 Å². The number of rotatable bonds is 8. The van der Waals surface area contributed by atoms with Crippen molar-refractivity contribution in [1.82, 2.24) is 15.2 Å². The molecular weight excluding hydrogens is 266 g/mol. The predicted molar refractivity (Wildman–Crippen MR) is 83.5 cm³/mol. The third kappa shape index (κ3) is 4.91. The van der Waals surface area contributed by atoms with Crippen LogP contribution in [-0.4, -0.2) is 28.8 Å². The fourth-order valence-electron chi connectivity index (χ4n) is 1.78. The van der Waals surface area contributed by atoms with Crippen LogP contribution in [0.25, 0.3) is 0 Å². The van der Waals surface area contributed by atoms with E-state index in [-0.39, 0.29) is 0 Å². The summed E-state index contributed by atoms with van der Waals surface area (Å²) in [4.78, 5) is 4.37. The number of benzene rings is 1. The second-order valence-electron chi connectivity index (χ2n) is 4.65. The lowest BCUT2D eigenvalue weighted by Gasteiger charge is -2.08. The summed E-state index contributed by atoms with van der Waals surface area (Å²) in [5.74, 6) is 2.12. The van der Waals surface area contributed by atoms with Crippen LogP contribution in [0.15, 0.2) is 30.5 Å². The minimum Gasteiger partial charge on any atom is -0.497 e. The molecule has 0 aliphatic heterocycles. The van der Waals surface area contributed by atoms with E-state index in [1.54, 1.807) is 13.3 Å². The zero-order valence-electron chi connectivity index (χ0n) is 12.5. The first-order valence-electron chi connectivity index (χ1n) is 7.12. The van der Waals surface area contributed by atoms with Crippen LogP contribution in [0.1, 0.15) is 25.3 Å². The molecule has 2 rings (SSSR count). The Bertz CT molecular complexity index is 544. The van der Waals surface area contributed by atoms with E-state index in [1.807, 2.05) is 24.3 Å². The summed E-state index contributed by atoms with van der Waals surface area (Å²) in [6, 6.07) is 7.90. The normalized spacial score (nSPS) is 10.2. The second-order valence-corrected chi connectivity index (χ2v) is 4.65. The van der Waals surface area contributed by atoms with Gasteiger partial charge >= 0.3 is 0 Å². The molecule has 0 atom stereocenters. The first-order valence-corrected chi connectivity index (χ1v) is 7.12. The average Bonchev–Trinajstić information content (AvgIpc) is 2.54. The summed E-state index contributed by atoms with van der Waals surface area (Å²) in [7, 11) is 1.66. The summed E-state index contributed by atoms with van der Waals surface area (Å²) >= 11 is 0. The van der Waals surface area contributed by atoms with Gasteiger partial charge in [-0.1, -0.05) is 25.5 Å². The minimum absolute atomic E-state index is 0.559. The maximum absolute atomic E-state index is 5.14. The molecule has 0 bridgehead atoms. The maximum atomic E-state index is 5.14. The van der Waals surface area contributed by atoms with Crippen molar-refractivity contribution in [2.24, 2.45) is 0 Å². The van der Waals surface area contributed by atoms with Crippen LogP contribution in [0.3, 0.4) is 0 Å². The van der Waals surface area contributed by atoms with E-state index >= 15 is 0 Å². The highest BCUT2D eigenvalue weighted by Gasteiger charge is 2.00. The number of methoxy groups -OCH3 is 1. The highest BCUT2D eigenvalue weighted by atomic mass is 16.5. The van der Waals surface area contributed by atoms with Crippen molar-refractivity contribution in [3.63, 3.8) is 0 Å². The Morgan fingerprint density at radius 3 is 2.67 bits per heavy atom. The van der Waals surface area contributed by atoms with Gasteiger partial charge in [-0.05, 0) is 24.1 Å². The molecule has 2 aromatic rings. The molecular formula is C15H21N5O. The number of hydrogen-bond acceptors (Lipinski definition) is 6. The lowest BCUT2D eigenvalue weighted by atomic mass is 10.2. The lowest BCUT2D eigenvalue weighted by Crippen LogP contribution is -2.09. The van der Waals surface area contributed by atoms with Crippen molar-refractivity contribution in [3.05, 3.63) is 36.0 Å². The van der Waals surface area contributed by atoms with E-state index in [1.165, 1.54) is 0 Å². The van der Waals surface area contributed by atoms with Crippen LogP contribution >= 0.6 is 0 Å². The molecule has 0 saturated heterocycles. The quantitative estimate of drug-likeness (QED) is 0.727. The maximum Gasteiger partial charge on any atom is 0.244 e. The highest BCUT2D eigenvalue weighted by molar-refractivity contribution is 5.38. The van der Waals surface area contributed by atoms with Crippen LogP contribution in [0.2, 0.25) is 0 Å². The number of nitrogens with zero attached hydrogens (tertiary/aromatic N) is 3. The third-order valence-electron chi connectivity index (χ3n) is 3.00. The monoisotopic (exact) mass is 287 g/mol. The molecule has 112 valence electrons. The number of anilines is 2. The van der Waals surface area contributed by atoms with Gasteiger partial charge in [-0.15, -0.1) is 5.10 Å². The Morgan fingerprint density at radius 1 is 1.14 bits per heavy atom. The number of unbranched alkanes of at least 4 members (excludes halogenated alkanes) is 1. The summed E-state index contributed by atoms with van der Waals surface area (Å²) in [6.45, 7) is 3.69.